The maximum atomic E-state index is 12.9. The zero-order valence-electron chi connectivity index (χ0n) is 13.7. The topological polar surface area (TPSA) is 44.4 Å². The van der Waals surface area contributed by atoms with Crippen LogP contribution in [0.25, 0.3) is 0 Å². The molecule has 1 atom stereocenters. The fourth-order valence-electron chi connectivity index (χ4n) is 3.27. The molecule has 0 aromatic carbocycles. The van der Waals surface area contributed by atoms with Crippen molar-refractivity contribution in [3.8, 4) is 0 Å². The number of nitrogens with zero attached hydrogens (tertiary/aromatic N) is 1. The second-order valence-electron chi connectivity index (χ2n) is 6.16. The van der Waals surface area contributed by atoms with Gasteiger partial charge in [0.25, 0.3) is 0 Å². The van der Waals surface area contributed by atoms with Crippen LogP contribution in [0.1, 0.15) is 39.5 Å². The molecule has 1 unspecified atom stereocenters. The number of halogens is 2. The van der Waals surface area contributed by atoms with Crippen LogP contribution in [0.2, 0.25) is 0 Å². The number of hydrogen-bond acceptors (Lipinski definition) is 4. The Kier molecular flexibility index (Phi) is 11.1. The van der Waals surface area contributed by atoms with Crippen LogP contribution in [-0.2, 0) is 4.79 Å². The van der Waals surface area contributed by atoms with Crippen molar-refractivity contribution in [3.63, 3.8) is 0 Å². The second-order valence-corrected chi connectivity index (χ2v) is 7.38. The summed E-state index contributed by atoms with van der Waals surface area (Å²) in [5.41, 5.74) is -0.376. The van der Waals surface area contributed by atoms with E-state index in [0.29, 0.717) is 11.9 Å². The Morgan fingerprint density at radius 3 is 2.41 bits per heavy atom. The van der Waals surface area contributed by atoms with E-state index in [9.17, 15) is 4.79 Å². The van der Waals surface area contributed by atoms with Gasteiger partial charge in [0.05, 0.1) is 5.54 Å². The van der Waals surface area contributed by atoms with Gasteiger partial charge in [-0.25, -0.2) is 0 Å². The molecule has 2 aliphatic heterocycles. The van der Waals surface area contributed by atoms with E-state index in [1.54, 1.807) is 0 Å². The first-order chi connectivity index (χ1) is 9.65. The molecule has 2 rings (SSSR count). The minimum Gasteiger partial charge on any atom is -0.339 e. The summed E-state index contributed by atoms with van der Waals surface area (Å²) in [5.74, 6) is 2.49. The fraction of sp³-hybridized carbons (Fsp3) is 0.933. The molecule has 2 N–H and O–H groups in total. The summed E-state index contributed by atoms with van der Waals surface area (Å²) >= 11 is 1.95. The average molecular weight is 372 g/mol. The molecule has 22 heavy (non-hydrogen) atoms. The molecular weight excluding hydrogens is 341 g/mol. The number of hydrogen-bond donors (Lipinski definition) is 2. The SMILES string of the molecule is CCCC(C)(NC1CCNCC1)C(=O)N1CCSCC1.Cl.Cl. The van der Waals surface area contributed by atoms with E-state index >= 15 is 0 Å². The molecule has 132 valence electrons. The van der Waals surface area contributed by atoms with Crippen molar-refractivity contribution in [3.05, 3.63) is 0 Å². The summed E-state index contributed by atoms with van der Waals surface area (Å²) < 4.78 is 0. The van der Waals surface area contributed by atoms with Crippen LogP contribution in [0.5, 0.6) is 0 Å². The van der Waals surface area contributed by atoms with Gasteiger partial charge in [0.1, 0.15) is 0 Å². The molecule has 2 aliphatic rings. The van der Waals surface area contributed by atoms with E-state index in [2.05, 4.69) is 29.4 Å². The lowest BCUT2D eigenvalue weighted by Gasteiger charge is -2.40. The Labute approximate surface area is 151 Å². The van der Waals surface area contributed by atoms with Crippen LogP contribution in [0.3, 0.4) is 0 Å². The minimum atomic E-state index is -0.376. The van der Waals surface area contributed by atoms with Crippen molar-refractivity contribution in [1.29, 1.82) is 0 Å². The van der Waals surface area contributed by atoms with Crippen LogP contribution in [-0.4, -0.2) is 60.1 Å². The predicted molar refractivity (Wildman–Crippen MR) is 101 cm³/mol. The third kappa shape index (κ3) is 6.08. The van der Waals surface area contributed by atoms with Crippen LogP contribution < -0.4 is 10.6 Å². The van der Waals surface area contributed by atoms with Crippen molar-refractivity contribution in [2.75, 3.05) is 37.7 Å². The number of piperidine rings is 1. The Bertz CT molecular complexity index is 324. The molecule has 0 aliphatic carbocycles. The van der Waals surface area contributed by atoms with Gasteiger partial charge in [0.2, 0.25) is 5.91 Å². The smallest absolute Gasteiger partial charge is 0.242 e. The standard InChI is InChI=1S/C15H29N3OS.2ClH/c1-3-6-15(2,17-13-4-7-16-8-5-13)14(19)18-9-11-20-12-10-18;;/h13,16-17H,3-12H2,1-2H3;2*1H. The Balaban J connectivity index is 0.00000220. The third-order valence-electron chi connectivity index (χ3n) is 4.38. The molecule has 4 nitrogen and oxygen atoms in total. The monoisotopic (exact) mass is 371 g/mol. The number of amides is 1. The predicted octanol–water partition coefficient (Wildman–Crippen LogP) is 2.31. The molecule has 0 spiro atoms. The molecule has 0 saturated carbocycles. The first-order valence-electron chi connectivity index (χ1n) is 8.01. The Morgan fingerprint density at radius 1 is 1.27 bits per heavy atom. The summed E-state index contributed by atoms with van der Waals surface area (Å²) in [6.07, 6.45) is 4.23. The van der Waals surface area contributed by atoms with E-state index in [1.165, 1.54) is 0 Å². The summed E-state index contributed by atoms with van der Waals surface area (Å²) in [6.45, 7) is 8.24. The Morgan fingerprint density at radius 2 is 1.86 bits per heavy atom. The van der Waals surface area contributed by atoms with Gasteiger partial charge >= 0.3 is 0 Å². The third-order valence-corrected chi connectivity index (χ3v) is 5.32. The van der Waals surface area contributed by atoms with Crippen molar-refractivity contribution in [2.45, 2.75) is 51.1 Å². The van der Waals surface area contributed by atoms with Crippen molar-refractivity contribution >= 4 is 42.5 Å². The average Bonchev–Trinajstić information content (AvgIpc) is 2.48. The van der Waals surface area contributed by atoms with E-state index in [-0.39, 0.29) is 30.4 Å². The first kappa shape index (κ1) is 22.3. The lowest BCUT2D eigenvalue weighted by Crippen LogP contribution is -2.61. The van der Waals surface area contributed by atoms with Crippen LogP contribution >= 0.6 is 36.6 Å². The number of thioether (sulfide) groups is 1. The van der Waals surface area contributed by atoms with E-state index in [4.69, 9.17) is 0 Å². The van der Waals surface area contributed by atoms with Crippen molar-refractivity contribution in [1.82, 2.24) is 15.5 Å². The number of carbonyl (C=O) groups excluding carboxylic acids is 1. The maximum absolute atomic E-state index is 12.9. The highest BCUT2D eigenvalue weighted by molar-refractivity contribution is 7.99. The van der Waals surface area contributed by atoms with Gasteiger partial charge in [-0.3, -0.25) is 4.79 Å². The van der Waals surface area contributed by atoms with Gasteiger partial charge in [-0.1, -0.05) is 13.3 Å². The molecule has 1 amide bonds. The van der Waals surface area contributed by atoms with Crippen molar-refractivity contribution in [2.24, 2.45) is 0 Å². The largest absolute Gasteiger partial charge is 0.339 e. The first-order valence-corrected chi connectivity index (χ1v) is 9.17. The van der Waals surface area contributed by atoms with Gasteiger partial charge in [-0.2, -0.15) is 11.8 Å². The van der Waals surface area contributed by atoms with E-state index in [1.807, 2.05) is 11.8 Å². The van der Waals surface area contributed by atoms with Crippen LogP contribution in [0.4, 0.5) is 0 Å². The second kappa shape index (κ2) is 11.0. The van der Waals surface area contributed by atoms with Crippen molar-refractivity contribution < 1.29 is 4.79 Å². The van der Waals surface area contributed by atoms with E-state index < -0.39 is 0 Å². The molecule has 2 saturated heterocycles. The highest BCUT2D eigenvalue weighted by Gasteiger charge is 2.38. The quantitative estimate of drug-likeness (QED) is 0.777. The van der Waals surface area contributed by atoms with Gasteiger partial charge in [0.15, 0.2) is 0 Å². The number of rotatable bonds is 5. The highest BCUT2D eigenvalue weighted by atomic mass is 35.5. The zero-order chi connectivity index (χ0) is 14.4. The molecule has 2 fully saturated rings. The highest BCUT2D eigenvalue weighted by Crippen LogP contribution is 2.21. The molecule has 0 aromatic heterocycles. The lowest BCUT2D eigenvalue weighted by molar-refractivity contribution is -0.138. The van der Waals surface area contributed by atoms with E-state index in [0.717, 1.165) is 63.4 Å². The Hall–Kier alpha value is 0.320. The maximum Gasteiger partial charge on any atom is 0.242 e. The molecule has 7 heteroatoms. The van der Waals surface area contributed by atoms with Crippen LogP contribution in [0.15, 0.2) is 0 Å². The number of carbonyl (C=O) groups is 1. The number of nitrogens with one attached hydrogen (secondary N) is 2. The van der Waals surface area contributed by atoms with Gasteiger partial charge in [-0.15, -0.1) is 24.8 Å². The summed E-state index contributed by atoms with van der Waals surface area (Å²) in [6, 6.07) is 0.482. The van der Waals surface area contributed by atoms with Gasteiger partial charge in [0, 0.05) is 30.6 Å². The molecule has 0 radical (unpaired) electrons. The summed E-state index contributed by atoms with van der Waals surface area (Å²) in [5, 5.41) is 7.08. The van der Waals surface area contributed by atoms with Gasteiger partial charge < -0.3 is 15.5 Å². The molecule has 2 heterocycles. The normalized spacial score (nSPS) is 22.2. The molecule has 0 aromatic rings. The fourth-order valence-corrected chi connectivity index (χ4v) is 4.18. The van der Waals surface area contributed by atoms with Crippen LogP contribution in [0, 0.1) is 0 Å². The molecular formula is C15H31Cl2N3OS. The summed E-state index contributed by atoms with van der Waals surface area (Å²) in [7, 11) is 0. The van der Waals surface area contributed by atoms with Gasteiger partial charge in [-0.05, 0) is 39.3 Å². The summed E-state index contributed by atoms with van der Waals surface area (Å²) in [4.78, 5) is 15.0. The lowest BCUT2D eigenvalue weighted by atomic mass is 9.91. The minimum absolute atomic E-state index is 0. The zero-order valence-corrected chi connectivity index (χ0v) is 16.2. The molecule has 0 bridgehead atoms.